The van der Waals surface area contributed by atoms with Crippen molar-refractivity contribution in [3.05, 3.63) is 22.9 Å². The molecule has 22 heavy (non-hydrogen) atoms. The van der Waals surface area contributed by atoms with Gasteiger partial charge in [-0.3, -0.25) is 10.4 Å². The van der Waals surface area contributed by atoms with Crippen molar-refractivity contribution >= 4 is 11.9 Å². The van der Waals surface area contributed by atoms with Gasteiger partial charge in [-0.15, -0.1) is 0 Å². The largest absolute Gasteiger partial charge is 0.301 e. The van der Waals surface area contributed by atoms with E-state index in [1.165, 1.54) is 48.4 Å². The first-order valence-corrected chi connectivity index (χ1v) is 8.52. The van der Waals surface area contributed by atoms with Crippen molar-refractivity contribution < 1.29 is 0 Å². The molecular weight excluding hydrogens is 274 g/mol. The zero-order chi connectivity index (χ0) is 15.1. The second kappa shape index (κ2) is 5.54. The van der Waals surface area contributed by atoms with Gasteiger partial charge in [0.1, 0.15) is 0 Å². The van der Waals surface area contributed by atoms with Gasteiger partial charge >= 0.3 is 0 Å². The Morgan fingerprint density at radius 1 is 1.23 bits per heavy atom. The summed E-state index contributed by atoms with van der Waals surface area (Å²) in [5, 5.41) is 11.6. The van der Waals surface area contributed by atoms with Crippen LogP contribution in [-0.4, -0.2) is 53.6 Å². The molecule has 5 nitrogen and oxygen atoms in total. The number of allylic oxidation sites excluding steroid dienone is 2. The molecule has 1 saturated heterocycles. The maximum Gasteiger partial charge on any atom is 0.0689 e. The first-order chi connectivity index (χ1) is 10.7. The van der Waals surface area contributed by atoms with E-state index in [9.17, 15) is 0 Å². The Labute approximate surface area is 132 Å². The lowest BCUT2D eigenvalue weighted by Crippen LogP contribution is -2.45. The monoisotopic (exact) mass is 299 g/mol. The van der Waals surface area contributed by atoms with Gasteiger partial charge in [0.25, 0.3) is 0 Å². The van der Waals surface area contributed by atoms with Crippen LogP contribution in [0.25, 0.3) is 0 Å². The molecular formula is C17H25N5. The highest BCUT2D eigenvalue weighted by atomic mass is 15.5. The number of piperidine rings is 1. The van der Waals surface area contributed by atoms with E-state index in [0.29, 0.717) is 12.1 Å². The topological polar surface area (TPSA) is 43.2 Å². The Balaban J connectivity index is 1.51. The second-order valence-corrected chi connectivity index (χ2v) is 6.97. The van der Waals surface area contributed by atoms with Crippen molar-refractivity contribution in [1.29, 1.82) is 0 Å². The molecule has 0 bridgehead atoms. The second-order valence-electron chi connectivity index (χ2n) is 6.97. The molecule has 118 valence electrons. The predicted octanol–water partition coefficient (Wildman–Crippen LogP) is 2.09. The molecule has 0 spiro atoms. The van der Waals surface area contributed by atoms with Crippen LogP contribution in [0.15, 0.2) is 33.1 Å². The Kier molecular flexibility index (Phi) is 3.53. The van der Waals surface area contributed by atoms with Crippen LogP contribution in [0.3, 0.4) is 0 Å². The Morgan fingerprint density at radius 3 is 2.82 bits per heavy atom. The number of nitrogens with one attached hydrogen (secondary N) is 1. The predicted molar refractivity (Wildman–Crippen MR) is 89.8 cm³/mol. The first-order valence-electron chi connectivity index (χ1n) is 8.52. The van der Waals surface area contributed by atoms with E-state index in [0.717, 1.165) is 19.4 Å². The van der Waals surface area contributed by atoms with Crippen LogP contribution in [0.1, 0.15) is 39.5 Å². The fourth-order valence-electron chi connectivity index (χ4n) is 4.01. The summed E-state index contributed by atoms with van der Waals surface area (Å²) in [5.41, 5.74) is 8.34. The molecule has 3 heterocycles. The maximum atomic E-state index is 4.80. The minimum atomic E-state index is 0.578. The number of hydrogen-bond donors (Lipinski definition) is 1. The van der Waals surface area contributed by atoms with Gasteiger partial charge in [0.05, 0.1) is 18.5 Å². The van der Waals surface area contributed by atoms with E-state index in [1.807, 2.05) is 12.4 Å². The molecule has 0 aromatic heterocycles. The summed E-state index contributed by atoms with van der Waals surface area (Å²) in [6.07, 6.45) is 8.66. The van der Waals surface area contributed by atoms with Crippen LogP contribution < -0.4 is 5.43 Å². The van der Waals surface area contributed by atoms with Gasteiger partial charge in [0, 0.05) is 42.5 Å². The maximum absolute atomic E-state index is 4.80. The summed E-state index contributed by atoms with van der Waals surface area (Å²) >= 11 is 0. The fraction of sp³-hybridized carbons (Fsp3) is 0.647. The van der Waals surface area contributed by atoms with Crippen LogP contribution in [0.2, 0.25) is 0 Å². The van der Waals surface area contributed by atoms with Gasteiger partial charge in [-0.1, -0.05) is 0 Å². The summed E-state index contributed by atoms with van der Waals surface area (Å²) in [6, 6.07) is 1.24. The molecule has 1 N–H and O–H groups in total. The Bertz CT molecular complexity index is 576. The van der Waals surface area contributed by atoms with Crippen molar-refractivity contribution in [3.8, 4) is 0 Å². The van der Waals surface area contributed by atoms with E-state index < -0.39 is 0 Å². The lowest BCUT2D eigenvalue weighted by Gasteiger charge is -2.38. The van der Waals surface area contributed by atoms with Crippen LogP contribution in [-0.2, 0) is 0 Å². The smallest absolute Gasteiger partial charge is 0.0689 e. The highest BCUT2D eigenvalue weighted by Crippen LogP contribution is 2.33. The number of nitrogens with zero attached hydrogens (tertiary/aromatic N) is 4. The van der Waals surface area contributed by atoms with Crippen LogP contribution in [0.5, 0.6) is 0 Å². The van der Waals surface area contributed by atoms with E-state index in [4.69, 9.17) is 5.10 Å². The average molecular weight is 299 g/mol. The summed E-state index contributed by atoms with van der Waals surface area (Å²) in [5.74, 6) is 0. The minimum absolute atomic E-state index is 0.578. The molecule has 0 radical (unpaired) electrons. The van der Waals surface area contributed by atoms with Crippen LogP contribution >= 0.6 is 0 Å². The van der Waals surface area contributed by atoms with Crippen molar-refractivity contribution in [3.63, 3.8) is 0 Å². The average Bonchev–Trinajstić information content (AvgIpc) is 2.84. The van der Waals surface area contributed by atoms with Crippen molar-refractivity contribution in [2.45, 2.75) is 51.6 Å². The first kappa shape index (κ1) is 14.0. The molecule has 4 aliphatic rings. The molecule has 0 amide bonds. The summed E-state index contributed by atoms with van der Waals surface area (Å²) in [6.45, 7) is 7.95. The number of hydrazone groups is 2. The van der Waals surface area contributed by atoms with Gasteiger partial charge in [-0.05, 0) is 45.1 Å². The van der Waals surface area contributed by atoms with Crippen molar-refractivity contribution in [2.24, 2.45) is 10.2 Å². The highest BCUT2D eigenvalue weighted by Gasteiger charge is 2.32. The molecule has 0 atom stereocenters. The lowest BCUT2D eigenvalue weighted by molar-refractivity contribution is 0.100. The van der Waals surface area contributed by atoms with Crippen LogP contribution in [0, 0.1) is 0 Å². The minimum Gasteiger partial charge on any atom is -0.301 e. The zero-order valence-corrected chi connectivity index (χ0v) is 13.5. The molecule has 0 saturated carbocycles. The summed E-state index contributed by atoms with van der Waals surface area (Å²) < 4.78 is 0. The third-order valence-corrected chi connectivity index (χ3v) is 5.36. The fourth-order valence-corrected chi connectivity index (χ4v) is 4.01. The lowest BCUT2D eigenvalue weighted by atomic mass is 10.0. The van der Waals surface area contributed by atoms with E-state index in [1.54, 1.807) is 0 Å². The highest BCUT2D eigenvalue weighted by molar-refractivity contribution is 6.13. The molecule has 4 rings (SSSR count). The Hall–Kier alpha value is -1.62. The zero-order valence-electron chi connectivity index (χ0n) is 13.5. The number of likely N-dealkylation sites (tertiary alicyclic amines) is 1. The van der Waals surface area contributed by atoms with Gasteiger partial charge < -0.3 is 4.90 Å². The van der Waals surface area contributed by atoms with Gasteiger partial charge in [0.15, 0.2) is 0 Å². The quantitative estimate of drug-likeness (QED) is 0.849. The van der Waals surface area contributed by atoms with Gasteiger partial charge in [0.2, 0.25) is 0 Å². The third-order valence-electron chi connectivity index (χ3n) is 5.36. The SMILES string of the molecule is CC(C)N1CCC(N2CC3=C4C(=CNN=C4CC3)C=N2)CC1. The molecule has 0 aromatic rings. The van der Waals surface area contributed by atoms with E-state index >= 15 is 0 Å². The number of hydrogen-bond acceptors (Lipinski definition) is 5. The standard InChI is InChI=1S/C17H25N5/c1-12(2)21-7-5-15(6-8-21)22-11-13-3-4-16-17(13)14(10-19-22)9-18-20-16/h9-10,12,15,18H,3-8,11H2,1-2H3. The summed E-state index contributed by atoms with van der Waals surface area (Å²) in [7, 11) is 0. The van der Waals surface area contributed by atoms with E-state index in [-0.39, 0.29) is 0 Å². The summed E-state index contributed by atoms with van der Waals surface area (Å²) in [4.78, 5) is 2.58. The molecule has 1 aliphatic carbocycles. The molecule has 1 fully saturated rings. The molecule has 3 aliphatic heterocycles. The molecule has 5 heteroatoms. The molecule has 0 aromatic carbocycles. The van der Waals surface area contributed by atoms with Crippen molar-refractivity contribution in [1.82, 2.24) is 15.3 Å². The van der Waals surface area contributed by atoms with Gasteiger partial charge in [-0.25, -0.2) is 0 Å². The van der Waals surface area contributed by atoms with Crippen LogP contribution in [0.4, 0.5) is 0 Å². The number of rotatable bonds is 2. The van der Waals surface area contributed by atoms with Crippen molar-refractivity contribution in [2.75, 3.05) is 19.6 Å². The van der Waals surface area contributed by atoms with Gasteiger partial charge in [-0.2, -0.15) is 10.2 Å². The van der Waals surface area contributed by atoms with E-state index in [2.05, 4.69) is 34.3 Å². The molecule has 0 unspecified atom stereocenters. The Morgan fingerprint density at radius 2 is 2.05 bits per heavy atom. The normalized spacial score (nSPS) is 25.9. The third kappa shape index (κ3) is 2.37.